The monoisotopic (exact) mass is 525 g/mol. The van der Waals surface area contributed by atoms with E-state index < -0.39 is 41.6 Å². The molecular formula is C19H17ClF5N5O3S. The summed E-state index contributed by atoms with van der Waals surface area (Å²) in [5.74, 6) is -2.03. The molecule has 15 heteroatoms. The predicted molar refractivity (Wildman–Crippen MR) is 116 cm³/mol. The Morgan fingerprint density at radius 3 is 2.71 bits per heavy atom. The average molecular weight is 526 g/mol. The molecule has 0 bridgehead atoms. The van der Waals surface area contributed by atoms with E-state index in [-0.39, 0.29) is 53.5 Å². The van der Waals surface area contributed by atoms with Gasteiger partial charge in [-0.1, -0.05) is 11.8 Å². The first-order valence-electron chi connectivity index (χ1n) is 9.39. The first-order chi connectivity index (χ1) is 15.5. The normalized spacial score (nSPS) is 24.0. The minimum atomic E-state index is -4.55. The van der Waals surface area contributed by atoms with Crippen molar-refractivity contribution in [1.82, 2.24) is 9.97 Å². The Morgan fingerprint density at radius 2 is 2.03 bits per heavy atom. The quantitative estimate of drug-likeness (QED) is 0.576. The summed E-state index contributed by atoms with van der Waals surface area (Å²) < 4.78 is 76.7. The van der Waals surface area contributed by atoms with E-state index >= 15 is 4.39 Å². The van der Waals surface area contributed by atoms with Crippen LogP contribution in [0, 0.1) is 5.82 Å². The van der Waals surface area contributed by atoms with Gasteiger partial charge in [0.15, 0.2) is 23.0 Å². The number of carbonyl (C=O) groups is 1. The molecule has 2 aliphatic heterocycles. The molecule has 1 aromatic carbocycles. The van der Waals surface area contributed by atoms with Gasteiger partial charge in [-0.3, -0.25) is 4.79 Å². The third-order valence-corrected chi connectivity index (χ3v) is 6.04. The fourth-order valence-electron chi connectivity index (χ4n) is 3.47. The van der Waals surface area contributed by atoms with Crippen LogP contribution in [0.2, 0.25) is 0 Å². The molecule has 3 N–H and O–H groups in total. The number of halogens is 6. The Bertz CT molecular complexity index is 1110. The van der Waals surface area contributed by atoms with Crippen LogP contribution in [0.1, 0.15) is 16.1 Å². The summed E-state index contributed by atoms with van der Waals surface area (Å²) >= 11 is 1.00. The van der Waals surface area contributed by atoms with Gasteiger partial charge in [0.1, 0.15) is 11.5 Å². The Kier molecular flexibility index (Phi) is 7.24. The molecule has 1 aromatic heterocycles. The van der Waals surface area contributed by atoms with E-state index in [1.165, 1.54) is 12.1 Å². The van der Waals surface area contributed by atoms with Gasteiger partial charge in [0.25, 0.3) is 5.91 Å². The summed E-state index contributed by atoms with van der Waals surface area (Å²) in [6.07, 6.45) is -2.77. The molecule has 0 saturated carbocycles. The highest BCUT2D eigenvalue weighted by molar-refractivity contribution is 8.13. The number of nitrogens with two attached hydrogens (primary N) is 1. The summed E-state index contributed by atoms with van der Waals surface area (Å²) in [6, 6.07) is 3.53. The van der Waals surface area contributed by atoms with Crippen LogP contribution in [-0.2, 0) is 10.3 Å². The van der Waals surface area contributed by atoms with Gasteiger partial charge in [-0.15, -0.1) is 12.4 Å². The van der Waals surface area contributed by atoms with Crippen LogP contribution in [-0.4, -0.2) is 58.5 Å². The van der Waals surface area contributed by atoms with E-state index in [0.29, 0.717) is 0 Å². The highest BCUT2D eigenvalue weighted by Gasteiger charge is 2.61. The number of carbonyl (C=O) groups excluding carboxylic acids is 1. The van der Waals surface area contributed by atoms with Crippen LogP contribution < -0.4 is 15.8 Å². The summed E-state index contributed by atoms with van der Waals surface area (Å²) in [5, 5.41) is 2.55. The molecule has 2 aliphatic rings. The minimum Gasteiger partial charge on any atom is -0.467 e. The van der Waals surface area contributed by atoms with Crippen molar-refractivity contribution in [3.05, 3.63) is 47.7 Å². The van der Waals surface area contributed by atoms with E-state index in [1.807, 2.05) is 0 Å². The molecule has 2 unspecified atom stereocenters. The van der Waals surface area contributed by atoms with Gasteiger partial charge in [-0.2, -0.15) is 13.2 Å². The van der Waals surface area contributed by atoms with E-state index in [9.17, 15) is 22.4 Å². The van der Waals surface area contributed by atoms with Crippen LogP contribution in [0.4, 0.5) is 27.6 Å². The maximum atomic E-state index is 15.6. The van der Waals surface area contributed by atoms with Crippen molar-refractivity contribution in [2.75, 3.05) is 30.9 Å². The lowest BCUT2D eigenvalue weighted by Gasteiger charge is -2.38. The smallest absolute Gasteiger partial charge is 0.422 e. The van der Waals surface area contributed by atoms with Gasteiger partial charge in [-0.25, -0.2) is 23.7 Å². The van der Waals surface area contributed by atoms with Crippen molar-refractivity contribution in [3.8, 4) is 5.88 Å². The average Bonchev–Trinajstić information content (AvgIpc) is 3.10. The molecule has 1 fully saturated rings. The van der Waals surface area contributed by atoms with Gasteiger partial charge >= 0.3 is 6.18 Å². The zero-order valence-corrected chi connectivity index (χ0v) is 18.7. The number of thioether (sulfide) groups is 1. The van der Waals surface area contributed by atoms with Gasteiger partial charge in [0, 0.05) is 17.0 Å². The first kappa shape index (κ1) is 25.9. The van der Waals surface area contributed by atoms with Crippen LogP contribution >= 0.6 is 24.2 Å². The highest BCUT2D eigenvalue weighted by Crippen LogP contribution is 2.50. The molecule has 0 aliphatic carbocycles. The molecule has 1 saturated heterocycles. The second-order valence-corrected chi connectivity index (χ2v) is 8.35. The molecule has 4 rings (SSSR count). The molecule has 34 heavy (non-hydrogen) atoms. The summed E-state index contributed by atoms with van der Waals surface area (Å²) in [7, 11) is 0. The zero-order chi connectivity index (χ0) is 23.9. The molecular weight excluding hydrogens is 509 g/mol. The molecule has 2 atom stereocenters. The maximum Gasteiger partial charge on any atom is 0.422 e. The van der Waals surface area contributed by atoms with Gasteiger partial charge in [-0.05, 0) is 18.2 Å². The molecule has 2 aromatic rings. The third kappa shape index (κ3) is 5.03. The number of alkyl halides is 4. The minimum absolute atomic E-state index is 0. The Hall–Kier alpha value is -2.71. The van der Waals surface area contributed by atoms with Crippen LogP contribution in [0.25, 0.3) is 0 Å². The summed E-state index contributed by atoms with van der Waals surface area (Å²) in [4.78, 5) is 24.0. The molecule has 184 valence electrons. The number of ether oxygens (including phenoxy) is 2. The number of hydrogen-bond donors (Lipinski definition) is 2. The lowest BCUT2D eigenvalue weighted by Crippen LogP contribution is -2.52. The van der Waals surface area contributed by atoms with E-state index in [4.69, 9.17) is 10.5 Å². The summed E-state index contributed by atoms with van der Waals surface area (Å²) in [6.45, 7) is -2.08. The number of fused-ring (bicyclic) bond motifs is 1. The standard InChI is InChI=1S/C19H16F5N5O3S.ClH/c20-12-2-1-10(3-11(12)18-7-31-6-17(18,21)9-33-16(25)29-18)28-15(30)13-4-27-14(5-26-13)32-8-19(22,23)24;/h1-5H,6-9H2,(H2,25,29)(H,28,30);1H. The number of anilines is 1. The Balaban J connectivity index is 0.00000324. The second-order valence-electron chi connectivity index (χ2n) is 7.35. The van der Waals surface area contributed by atoms with Gasteiger partial charge < -0.3 is 20.5 Å². The van der Waals surface area contributed by atoms with Gasteiger partial charge in [0.05, 0.1) is 25.6 Å². The van der Waals surface area contributed by atoms with E-state index in [0.717, 1.165) is 30.2 Å². The second kappa shape index (κ2) is 9.50. The molecule has 0 spiro atoms. The number of benzene rings is 1. The lowest BCUT2D eigenvalue weighted by atomic mass is 9.79. The number of rotatable bonds is 5. The zero-order valence-electron chi connectivity index (χ0n) is 17.1. The van der Waals surface area contributed by atoms with Crippen molar-refractivity contribution in [2.24, 2.45) is 10.7 Å². The molecule has 8 nitrogen and oxygen atoms in total. The number of hydrogen-bond acceptors (Lipinski definition) is 8. The number of nitrogens with one attached hydrogen (secondary N) is 1. The SMILES string of the molecule is Cl.NC1=NC2(c3cc(NC(=O)c4cnc(OCC(F)(F)F)cn4)ccc3F)COCC2(F)CS1. The van der Waals surface area contributed by atoms with Gasteiger partial charge in [0.2, 0.25) is 5.88 Å². The van der Waals surface area contributed by atoms with Crippen molar-refractivity contribution in [3.63, 3.8) is 0 Å². The highest BCUT2D eigenvalue weighted by atomic mass is 35.5. The van der Waals surface area contributed by atoms with E-state index in [1.54, 1.807) is 0 Å². The first-order valence-corrected chi connectivity index (χ1v) is 10.4. The number of nitrogens with zero attached hydrogens (tertiary/aromatic N) is 3. The van der Waals surface area contributed by atoms with Crippen LogP contribution in [0.3, 0.4) is 0 Å². The van der Waals surface area contributed by atoms with E-state index in [2.05, 4.69) is 25.0 Å². The Labute approximate surface area is 199 Å². The lowest BCUT2D eigenvalue weighted by molar-refractivity contribution is -0.154. The fourth-order valence-corrected chi connectivity index (χ4v) is 4.39. The van der Waals surface area contributed by atoms with Crippen molar-refractivity contribution >= 4 is 40.9 Å². The third-order valence-electron chi connectivity index (χ3n) is 5.05. The summed E-state index contributed by atoms with van der Waals surface area (Å²) in [5.41, 5.74) is 1.81. The Morgan fingerprint density at radius 1 is 1.26 bits per heavy atom. The van der Waals surface area contributed by atoms with Crippen molar-refractivity contribution < 1.29 is 36.2 Å². The number of aromatic nitrogens is 2. The topological polar surface area (TPSA) is 112 Å². The number of aliphatic imine (C=N–C) groups is 1. The molecule has 0 radical (unpaired) electrons. The number of amidine groups is 1. The van der Waals surface area contributed by atoms with Crippen LogP contribution in [0.5, 0.6) is 5.88 Å². The van der Waals surface area contributed by atoms with Crippen LogP contribution in [0.15, 0.2) is 35.6 Å². The number of amides is 1. The van der Waals surface area contributed by atoms with Crippen molar-refractivity contribution in [1.29, 1.82) is 0 Å². The molecule has 1 amide bonds. The molecule has 3 heterocycles. The van der Waals surface area contributed by atoms with Crippen molar-refractivity contribution in [2.45, 2.75) is 17.4 Å². The fraction of sp³-hybridized carbons (Fsp3) is 0.368. The predicted octanol–water partition coefficient (Wildman–Crippen LogP) is 3.23. The maximum absolute atomic E-state index is 15.6. The largest absolute Gasteiger partial charge is 0.467 e.